The second kappa shape index (κ2) is 6.68. The molecule has 2 atom stereocenters. The Morgan fingerprint density at radius 3 is 2.65 bits per heavy atom. The molecule has 0 heterocycles. The van der Waals surface area contributed by atoms with Gasteiger partial charge in [-0.2, -0.15) is 0 Å². The molecule has 0 aromatic carbocycles. The van der Waals surface area contributed by atoms with Crippen LogP contribution in [0.2, 0.25) is 0 Å². The van der Waals surface area contributed by atoms with Crippen LogP contribution in [0.4, 0.5) is 0 Å². The van der Waals surface area contributed by atoms with Gasteiger partial charge in [0.1, 0.15) is 0 Å². The van der Waals surface area contributed by atoms with E-state index in [0.717, 1.165) is 19.3 Å². The number of rotatable bonds is 7. The van der Waals surface area contributed by atoms with Gasteiger partial charge in [-0.15, -0.1) is 0 Å². The SMILES string of the molecule is CC(C)OCCS(=O)(=O)NCC1CCC(N)C1. The lowest BCUT2D eigenvalue weighted by atomic mass is 10.1. The third kappa shape index (κ3) is 6.35. The van der Waals surface area contributed by atoms with Crippen molar-refractivity contribution >= 4 is 10.0 Å². The molecule has 3 N–H and O–H groups in total. The molecule has 0 aliphatic heterocycles. The van der Waals surface area contributed by atoms with E-state index in [4.69, 9.17) is 10.5 Å². The summed E-state index contributed by atoms with van der Waals surface area (Å²) < 4.78 is 31.1. The summed E-state index contributed by atoms with van der Waals surface area (Å²) in [5.41, 5.74) is 5.78. The van der Waals surface area contributed by atoms with Crippen molar-refractivity contribution in [2.45, 2.75) is 45.3 Å². The molecule has 5 nitrogen and oxygen atoms in total. The topological polar surface area (TPSA) is 81.4 Å². The Kier molecular flexibility index (Phi) is 5.85. The van der Waals surface area contributed by atoms with Crippen LogP contribution in [-0.2, 0) is 14.8 Å². The van der Waals surface area contributed by atoms with Crippen molar-refractivity contribution in [1.29, 1.82) is 0 Å². The third-order valence-electron chi connectivity index (χ3n) is 2.98. The quantitative estimate of drug-likeness (QED) is 0.700. The summed E-state index contributed by atoms with van der Waals surface area (Å²) in [6.45, 7) is 4.54. The van der Waals surface area contributed by atoms with E-state index in [1.165, 1.54) is 0 Å². The molecule has 0 spiro atoms. The fourth-order valence-corrected chi connectivity index (χ4v) is 2.96. The standard InChI is InChI=1S/C11H24N2O3S/c1-9(2)16-5-6-17(14,15)13-8-10-3-4-11(12)7-10/h9-11,13H,3-8,12H2,1-2H3. The first-order valence-corrected chi connectivity index (χ1v) is 7.89. The summed E-state index contributed by atoms with van der Waals surface area (Å²) in [7, 11) is -3.20. The first kappa shape index (κ1) is 14.9. The van der Waals surface area contributed by atoms with Gasteiger partial charge in [0.15, 0.2) is 0 Å². The minimum absolute atomic E-state index is 0.0317. The average molecular weight is 264 g/mol. The fraction of sp³-hybridized carbons (Fsp3) is 1.00. The summed E-state index contributed by atoms with van der Waals surface area (Å²) in [4.78, 5) is 0. The van der Waals surface area contributed by atoms with Gasteiger partial charge in [-0.1, -0.05) is 0 Å². The van der Waals surface area contributed by atoms with Gasteiger partial charge in [0, 0.05) is 12.6 Å². The van der Waals surface area contributed by atoms with Crippen LogP contribution in [-0.4, -0.2) is 39.5 Å². The van der Waals surface area contributed by atoms with Crippen molar-refractivity contribution in [1.82, 2.24) is 4.72 Å². The van der Waals surface area contributed by atoms with E-state index in [0.29, 0.717) is 12.5 Å². The van der Waals surface area contributed by atoms with Gasteiger partial charge in [0.05, 0.1) is 18.5 Å². The van der Waals surface area contributed by atoms with Gasteiger partial charge in [0.25, 0.3) is 0 Å². The number of hydrogen-bond donors (Lipinski definition) is 2. The lowest BCUT2D eigenvalue weighted by Gasteiger charge is -2.12. The zero-order valence-electron chi connectivity index (χ0n) is 10.7. The zero-order valence-corrected chi connectivity index (χ0v) is 11.5. The van der Waals surface area contributed by atoms with Crippen LogP contribution < -0.4 is 10.5 Å². The minimum Gasteiger partial charge on any atom is -0.378 e. The van der Waals surface area contributed by atoms with Crippen LogP contribution in [0.25, 0.3) is 0 Å². The van der Waals surface area contributed by atoms with E-state index in [1.807, 2.05) is 13.8 Å². The molecule has 1 saturated carbocycles. The van der Waals surface area contributed by atoms with Crippen LogP contribution in [0.5, 0.6) is 0 Å². The zero-order chi connectivity index (χ0) is 12.9. The highest BCUT2D eigenvalue weighted by molar-refractivity contribution is 7.89. The number of nitrogens with two attached hydrogens (primary N) is 1. The van der Waals surface area contributed by atoms with Crippen LogP contribution in [0.15, 0.2) is 0 Å². The highest BCUT2D eigenvalue weighted by atomic mass is 32.2. The highest BCUT2D eigenvalue weighted by Crippen LogP contribution is 2.23. The van der Waals surface area contributed by atoms with Crippen molar-refractivity contribution in [2.75, 3.05) is 18.9 Å². The Balaban J connectivity index is 2.20. The van der Waals surface area contributed by atoms with Crippen molar-refractivity contribution in [2.24, 2.45) is 11.7 Å². The molecule has 0 bridgehead atoms. The summed E-state index contributed by atoms with van der Waals surface area (Å²) in [6.07, 6.45) is 3.01. The lowest BCUT2D eigenvalue weighted by Crippen LogP contribution is -2.32. The van der Waals surface area contributed by atoms with Gasteiger partial charge in [-0.3, -0.25) is 0 Å². The predicted octanol–water partition coefficient (Wildman–Crippen LogP) is 0.458. The second-order valence-corrected chi connectivity index (χ2v) is 6.95. The summed E-state index contributed by atoms with van der Waals surface area (Å²) in [6, 6.07) is 0.244. The smallest absolute Gasteiger partial charge is 0.213 e. The van der Waals surface area contributed by atoms with Gasteiger partial charge >= 0.3 is 0 Å². The highest BCUT2D eigenvalue weighted by Gasteiger charge is 2.23. The molecule has 17 heavy (non-hydrogen) atoms. The maximum Gasteiger partial charge on any atom is 0.213 e. The van der Waals surface area contributed by atoms with Crippen molar-refractivity contribution in [3.8, 4) is 0 Å². The summed E-state index contributed by atoms with van der Waals surface area (Å²) in [5.74, 6) is 0.426. The van der Waals surface area contributed by atoms with Gasteiger partial charge < -0.3 is 10.5 Å². The minimum atomic E-state index is -3.20. The fourth-order valence-electron chi connectivity index (χ4n) is 2.01. The van der Waals surface area contributed by atoms with Crippen LogP contribution >= 0.6 is 0 Å². The number of nitrogens with one attached hydrogen (secondary N) is 1. The molecule has 0 aromatic heterocycles. The molecular formula is C11H24N2O3S. The molecule has 1 rings (SSSR count). The van der Waals surface area contributed by atoms with E-state index in [2.05, 4.69) is 4.72 Å². The van der Waals surface area contributed by atoms with E-state index in [1.54, 1.807) is 0 Å². The molecule has 0 amide bonds. The molecule has 102 valence electrons. The van der Waals surface area contributed by atoms with Crippen molar-refractivity contribution in [3.63, 3.8) is 0 Å². The van der Waals surface area contributed by atoms with E-state index < -0.39 is 10.0 Å². The van der Waals surface area contributed by atoms with E-state index in [-0.39, 0.29) is 24.5 Å². The number of sulfonamides is 1. The molecule has 6 heteroatoms. The van der Waals surface area contributed by atoms with Gasteiger partial charge in [-0.25, -0.2) is 13.1 Å². The molecule has 1 aliphatic carbocycles. The normalized spacial score (nSPS) is 25.6. The Morgan fingerprint density at radius 2 is 2.12 bits per heavy atom. The summed E-state index contributed by atoms with van der Waals surface area (Å²) >= 11 is 0. The molecule has 0 aromatic rings. The van der Waals surface area contributed by atoms with Crippen LogP contribution in [0.3, 0.4) is 0 Å². The average Bonchev–Trinajstić information content (AvgIpc) is 2.61. The first-order valence-electron chi connectivity index (χ1n) is 6.23. The Labute approximate surface area is 104 Å². The Hall–Kier alpha value is -0.170. The molecule has 1 aliphatic rings. The van der Waals surface area contributed by atoms with Crippen LogP contribution in [0, 0.1) is 5.92 Å². The second-order valence-electron chi connectivity index (χ2n) is 5.03. The predicted molar refractivity (Wildman–Crippen MR) is 68.2 cm³/mol. The summed E-state index contributed by atoms with van der Waals surface area (Å²) in [5, 5.41) is 0. The molecule has 1 fully saturated rings. The van der Waals surface area contributed by atoms with E-state index >= 15 is 0 Å². The lowest BCUT2D eigenvalue weighted by molar-refractivity contribution is 0.0911. The monoisotopic (exact) mass is 264 g/mol. The third-order valence-corrected chi connectivity index (χ3v) is 4.29. The van der Waals surface area contributed by atoms with Crippen LogP contribution in [0.1, 0.15) is 33.1 Å². The van der Waals surface area contributed by atoms with Crippen molar-refractivity contribution < 1.29 is 13.2 Å². The molecule has 0 saturated heterocycles. The molecule has 2 unspecified atom stereocenters. The molecular weight excluding hydrogens is 240 g/mol. The number of hydrogen-bond acceptors (Lipinski definition) is 4. The number of ether oxygens (including phenoxy) is 1. The Bertz CT molecular complexity index is 317. The largest absolute Gasteiger partial charge is 0.378 e. The van der Waals surface area contributed by atoms with Gasteiger partial charge in [0.2, 0.25) is 10.0 Å². The maximum atomic E-state index is 11.6. The Morgan fingerprint density at radius 1 is 1.41 bits per heavy atom. The first-order chi connectivity index (χ1) is 7.89. The van der Waals surface area contributed by atoms with E-state index in [9.17, 15) is 8.42 Å². The maximum absolute atomic E-state index is 11.6. The molecule has 0 radical (unpaired) electrons. The van der Waals surface area contributed by atoms with Crippen molar-refractivity contribution in [3.05, 3.63) is 0 Å². The van der Waals surface area contributed by atoms with Gasteiger partial charge in [-0.05, 0) is 39.0 Å².